The van der Waals surface area contributed by atoms with Crippen LogP contribution < -0.4 is 4.90 Å². The number of hydrogen-bond acceptors (Lipinski definition) is 1. The van der Waals surface area contributed by atoms with Gasteiger partial charge in [-0.05, 0) is 108 Å². The van der Waals surface area contributed by atoms with Crippen molar-refractivity contribution >= 4 is 17.1 Å². The molecule has 1 heteroatoms. The Balaban J connectivity index is 1.35. The van der Waals surface area contributed by atoms with E-state index in [0.717, 1.165) is 12.1 Å². The molecule has 40 heavy (non-hydrogen) atoms. The smallest absolute Gasteiger partial charge is 0.0462 e. The van der Waals surface area contributed by atoms with Crippen molar-refractivity contribution in [2.24, 2.45) is 5.92 Å². The highest BCUT2D eigenvalue weighted by atomic mass is 15.1. The van der Waals surface area contributed by atoms with Gasteiger partial charge in [-0.3, -0.25) is 0 Å². The average molecular weight is 522 g/mol. The van der Waals surface area contributed by atoms with Gasteiger partial charge in [-0.2, -0.15) is 0 Å². The van der Waals surface area contributed by atoms with Crippen LogP contribution in [0.2, 0.25) is 0 Å². The van der Waals surface area contributed by atoms with Gasteiger partial charge < -0.3 is 4.90 Å². The van der Waals surface area contributed by atoms with E-state index in [2.05, 4.69) is 156 Å². The fourth-order valence-corrected chi connectivity index (χ4v) is 6.23. The number of aryl methyl sites for hydroxylation is 2. The van der Waals surface area contributed by atoms with Crippen molar-refractivity contribution in [2.45, 2.75) is 53.4 Å². The molecule has 0 saturated carbocycles. The summed E-state index contributed by atoms with van der Waals surface area (Å²) < 4.78 is 0. The highest BCUT2D eigenvalue weighted by molar-refractivity contribution is 5.84. The molecule has 0 heterocycles. The van der Waals surface area contributed by atoms with E-state index in [1.54, 1.807) is 0 Å². The fourth-order valence-electron chi connectivity index (χ4n) is 6.23. The summed E-state index contributed by atoms with van der Waals surface area (Å²) >= 11 is 0. The molecule has 0 aromatic heterocycles. The monoisotopic (exact) mass is 521 g/mol. The number of anilines is 3. The summed E-state index contributed by atoms with van der Waals surface area (Å²) in [6, 6.07) is 40.8. The summed E-state index contributed by atoms with van der Waals surface area (Å²) in [7, 11) is 0. The molecule has 0 fully saturated rings. The minimum atomic E-state index is -0.00336. The Morgan fingerprint density at radius 3 is 1.62 bits per heavy atom. The second-order valence-electron chi connectivity index (χ2n) is 12.4. The van der Waals surface area contributed by atoms with Crippen LogP contribution in [-0.4, -0.2) is 0 Å². The number of rotatable bonds is 6. The third-order valence-electron chi connectivity index (χ3n) is 8.42. The van der Waals surface area contributed by atoms with E-state index in [0.29, 0.717) is 5.92 Å². The molecule has 0 radical (unpaired) electrons. The lowest BCUT2D eigenvalue weighted by atomic mass is 9.81. The van der Waals surface area contributed by atoms with Gasteiger partial charge in [0.2, 0.25) is 0 Å². The van der Waals surface area contributed by atoms with Crippen molar-refractivity contribution in [3.8, 4) is 22.3 Å². The first kappa shape index (κ1) is 26.1. The van der Waals surface area contributed by atoms with Gasteiger partial charge in [-0.25, -0.2) is 0 Å². The first-order chi connectivity index (χ1) is 19.2. The van der Waals surface area contributed by atoms with Gasteiger partial charge in [0.05, 0.1) is 0 Å². The van der Waals surface area contributed by atoms with Crippen LogP contribution in [0.15, 0.2) is 109 Å². The molecule has 0 unspecified atom stereocenters. The molecule has 0 spiro atoms. The Morgan fingerprint density at radius 1 is 0.550 bits per heavy atom. The molecule has 1 nitrogen and oxygen atoms in total. The molecule has 0 bridgehead atoms. The van der Waals surface area contributed by atoms with Crippen LogP contribution in [0.3, 0.4) is 0 Å². The topological polar surface area (TPSA) is 3.24 Å². The van der Waals surface area contributed by atoms with E-state index < -0.39 is 0 Å². The van der Waals surface area contributed by atoms with Crippen molar-refractivity contribution in [1.29, 1.82) is 0 Å². The highest BCUT2D eigenvalue weighted by Crippen LogP contribution is 2.50. The maximum Gasteiger partial charge on any atom is 0.0462 e. The minimum absolute atomic E-state index is 0.00336. The predicted molar refractivity (Wildman–Crippen MR) is 172 cm³/mol. The minimum Gasteiger partial charge on any atom is -0.311 e. The van der Waals surface area contributed by atoms with Crippen LogP contribution in [0.4, 0.5) is 17.1 Å². The summed E-state index contributed by atoms with van der Waals surface area (Å²) in [6.45, 7) is 13.6. The third kappa shape index (κ3) is 4.75. The molecule has 1 aliphatic carbocycles. The lowest BCUT2D eigenvalue weighted by molar-refractivity contribution is 0.647. The van der Waals surface area contributed by atoms with E-state index in [1.165, 1.54) is 61.4 Å². The predicted octanol–water partition coefficient (Wildman–Crippen LogP) is 10.9. The van der Waals surface area contributed by atoms with Gasteiger partial charge in [0.25, 0.3) is 0 Å². The molecule has 0 N–H and O–H groups in total. The molecule has 0 atom stereocenters. The normalized spacial score (nSPS) is 13.3. The van der Waals surface area contributed by atoms with Crippen LogP contribution in [0.5, 0.6) is 0 Å². The Labute approximate surface area is 240 Å². The van der Waals surface area contributed by atoms with Gasteiger partial charge in [0.15, 0.2) is 0 Å². The molecule has 5 aromatic rings. The first-order valence-corrected chi connectivity index (χ1v) is 14.5. The lowest BCUT2D eigenvalue weighted by Gasteiger charge is -2.26. The van der Waals surface area contributed by atoms with Crippen molar-refractivity contribution in [3.05, 3.63) is 137 Å². The molecule has 0 aliphatic heterocycles. The van der Waals surface area contributed by atoms with Gasteiger partial charge in [0.1, 0.15) is 0 Å². The van der Waals surface area contributed by atoms with Gasteiger partial charge >= 0.3 is 0 Å². The van der Waals surface area contributed by atoms with Crippen LogP contribution in [0.25, 0.3) is 22.3 Å². The summed E-state index contributed by atoms with van der Waals surface area (Å²) in [5, 5.41) is 0. The Hall–Kier alpha value is -4.10. The quantitative estimate of drug-likeness (QED) is 0.215. The van der Waals surface area contributed by atoms with Crippen LogP contribution in [-0.2, 0) is 11.8 Å². The van der Waals surface area contributed by atoms with Gasteiger partial charge in [-0.1, -0.05) is 106 Å². The Kier molecular flexibility index (Phi) is 6.62. The molecular formula is C39H39N. The lowest BCUT2D eigenvalue weighted by Crippen LogP contribution is -2.15. The van der Waals surface area contributed by atoms with Gasteiger partial charge in [0, 0.05) is 22.5 Å². The number of nitrogens with zero attached hydrogens (tertiary/aromatic N) is 1. The van der Waals surface area contributed by atoms with Crippen LogP contribution in [0, 0.1) is 19.8 Å². The van der Waals surface area contributed by atoms with Crippen molar-refractivity contribution in [3.63, 3.8) is 0 Å². The maximum atomic E-state index is 2.41. The van der Waals surface area contributed by atoms with Crippen molar-refractivity contribution in [1.82, 2.24) is 0 Å². The second kappa shape index (κ2) is 10.1. The van der Waals surface area contributed by atoms with Crippen LogP contribution in [0.1, 0.15) is 55.5 Å². The number of hydrogen-bond donors (Lipinski definition) is 0. The summed E-state index contributed by atoms with van der Waals surface area (Å²) in [4.78, 5) is 2.35. The third-order valence-corrected chi connectivity index (χ3v) is 8.42. The van der Waals surface area contributed by atoms with E-state index in [1.807, 2.05) is 0 Å². The van der Waals surface area contributed by atoms with E-state index in [4.69, 9.17) is 0 Å². The molecule has 200 valence electrons. The molecular weight excluding hydrogens is 482 g/mol. The zero-order valence-corrected chi connectivity index (χ0v) is 24.6. The molecule has 1 aliphatic rings. The second-order valence-corrected chi connectivity index (χ2v) is 12.4. The van der Waals surface area contributed by atoms with E-state index >= 15 is 0 Å². The number of fused-ring (bicyclic) bond motifs is 3. The average Bonchev–Trinajstić information content (AvgIpc) is 3.16. The summed E-state index contributed by atoms with van der Waals surface area (Å²) in [6.07, 6.45) is 1.10. The van der Waals surface area contributed by atoms with Crippen molar-refractivity contribution < 1.29 is 0 Å². The Morgan fingerprint density at radius 2 is 1.02 bits per heavy atom. The fraction of sp³-hybridized carbons (Fsp3) is 0.231. The van der Waals surface area contributed by atoms with E-state index in [-0.39, 0.29) is 5.41 Å². The maximum absolute atomic E-state index is 2.41. The van der Waals surface area contributed by atoms with E-state index in [9.17, 15) is 0 Å². The Bertz CT molecular complexity index is 1650. The molecule has 0 saturated heterocycles. The molecule has 0 amide bonds. The van der Waals surface area contributed by atoms with Crippen LogP contribution >= 0.6 is 0 Å². The summed E-state index contributed by atoms with van der Waals surface area (Å²) in [5.41, 5.74) is 15.6. The standard InChI is InChI=1S/C39H39N/c1-26(2)23-29-10-17-33(18-11-29)40(32-15-7-27(3)8-16-32)34-19-12-30(13-20-34)31-14-22-36-35-21-9-28(4)24-37(35)39(5,6)38(36)25-31/h7-22,24-26H,23H2,1-6H3. The molecule has 5 aromatic carbocycles. The largest absolute Gasteiger partial charge is 0.311 e. The van der Waals surface area contributed by atoms with Crippen molar-refractivity contribution in [2.75, 3.05) is 4.90 Å². The zero-order valence-electron chi connectivity index (χ0n) is 24.6. The highest BCUT2D eigenvalue weighted by Gasteiger charge is 2.35. The molecule has 6 rings (SSSR count). The SMILES string of the molecule is Cc1ccc(N(c2ccc(CC(C)C)cc2)c2ccc(-c3ccc4c(c3)C(C)(C)c3cc(C)ccc3-4)cc2)cc1. The first-order valence-electron chi connectivity index (χ1n) is 14.5. The van der Waals surface area contributed by atoms with Gasteiger partial charge in [-0.15, -0.1) is 0 Å². The zero-order chi connectivity index (χ0) is 28.0. The number of benzene rings is 5. The summed E-state index contributed by atoms with van der Waals surface area (Å²) in [5.74, 6) is 0.648.